The first-order chi connectivity index (χ1) is 14.7. The number of amides is 2. The van der Waals surface area contributed by atoms with E-state index in [9.17, 15) is 18.0 Å². The summed E-state index contributed by atoms with van der Waals surface area (Å²) in [6.07, 6.45) is 0.701. The second-order valence-corrected chi connectivity index (χ2v) is 9.40. The highest BCUT2D eigenvalue weighted by Crippen LogP contribution is 2.16. The van der Waals surface area contributed by atoms with E-state index >= 15 is 0 Å². The summed E-state index contributed by atoms with van der Waals surface area (Å²) in [5, 5.41) is 5.52. The summed E-state index contributed by atoms with van der Waals surface area (Å²) in [5.74, 6) is -0.750. The van der Waals surface area contributed by atoms with Crippen molar-refractivity contribution in [3.63, 3.8) is 0 Å². The lowest BCUT2D eigenvalue weighted by atomic mass is 9.98. The van der Waals surface area contributed by atoms with Gasteiger partial charge in [0.2, 0.25) is 15.9 Å². The predicted octanol–water partition coefficient (Wildman–Crippen LogP) is 2.54. The zero-order valence-electron chi connectivity index (χ0n) is 18.4. The Morgan fingerprint density at radius 2 is 1.68 bits per heavy atom. The fourth-order valence-corrected chi connectivity index (χ4v) is 4.43. The molecule has 31 heavy (non-hydrogen) atoms. The van der Waals surface area contributed by atoms with Crippen molar-refractivity contribution in [1.82, 2.24) is 15.4 Å². The molecule has 2 amide bonds. The van der Waals surface area contributed by atoms with E-state index in [1.807, 2.05) is 32.9 Å². The Balaban J connectivity index is 1.95. The van der Waals surface area contributed by atoms with Gasteiger partial charge in [-0.1, -0.05) is 50.6 Å². The quantitative estimate of drug-likeness (QED) is 0.489. The molecule has 0 bridgehead atoms. The van der Waals surface area contributed by atoms with E-state index in [0.29, 0.717) is 17.5 Å². The van der Waals surface area contributed by atoms with Crippen LogP contribution in [0.15, 0.2) is 53.4 Å². The number of carbonyl (C=O) groups excluding carboxylic acids is 2. The van der Waals surface area contributed by atoms with Gasteiger partial charge in [0.15, 0.2) is 0 Å². The van der Waals surface area contributed by atoms with Crippen molar-refractivity contribution >= 4 is 21.8 Å². The summed E-state index contributed by atoms with van der Waals surface area (Å²) in [6.45, 7) is 7.55. The first-order valence-corrected chi connectivity index (χ1v) is 11.8. The van der Waals surface area contributed by atoms with Crippen LogP contribution in [0.3, 0.4) is 0 Å². The van der Waals surface area contributed by atoms with Gasteiger partial charge in [0, 0.05) is 18.7 Å². The van der Waals surface area contributed by atoms with Gasteiger partial charge < -0.3 is 10.6 Å². The topological polar surface area (TPSA) is 104 Å². The van der Waals surface area contributed by atoms with Crippen LogP contribution in [-0.4, -0.2) is 39.4 Å². The van der Waals surface area contributed by atoms with E-state index < -0.39 is 16.1 Å². The van der Waals surface area contributed by atoms with E-state index in [1.165, 1.54) is 0 Å². The molecule has 2 aromatic carbocycles. The number of sulfonamides is 1. The summed E-state index contributed by atoms with van der Waals surface area (Å²) in [7, 11) is -3.68. The molecule has 0 aliphatic rings. The number of benzene rings is 2. The third kappa shape index (κ3) is 6.90. The van der Waals surface area contributed by atoms with Crippen molar-refractivity contribution in [2.75, 3.05) is 13.1 Å². The van der Waals surface area contributed by atoms with E-state index in [-0.39, 0.29) is 35.7 Å². The molecule has 0 fully saturated rings. The molecule has 168 valence electrons. The number of rotatable bonds is 10. The minimum Gasteiger partial charge on any atom is -0.353 e. The molecule has 2 atom stereocenters. The van der Waals surface area contributed by atoms with E-state index in [4.69, 9.17) is 0 Å². The molecule has 2 rings (SSSR count). The van der Waals surface area contributed by atoms with Crippen LogP contribution in [0.2, 0.25) is 0 Å². The van der Waals surface area contributed by atoms with Crippen molar-refractivity contribution in [1.29, 1.82) is 0 Å². The van der Waals surface area contributed by atoms with Crippen LogP contribution in [0.4, 0.5) is 0 Å². The molecule has 0 saturated heterocycles. The molecule has 0 aliphatic heterocycles. The molecule has 7 nitrogen and oxygen atoms in total. The van der Waals surface area contributed by atoms with Gasteiger partial charge in [-0.25, -0.2) is 13.1 Å². The summed E-state index contributed by atoms with van der Waals surface area (Å²) in [6, 6.07) is 13.2. The Labute approximate surface area is 184 Å². The first kappa shape index (κ1) is 24.6. The molecular weight excluding hydrogens is 414 g/mol. The standard InChI is InChI=1S/C23H31N3O4S/c1-5-17(3)21(26-22(27)19-9-7-6-8-10-19)23(28)24-13-14-25-31(29,30)20-15-16(2)11-12-18(20)4/h6-12,15,17,21,25H,5,13-14H2,1-4H3,(H,24,28)(H,26,27). The summed E-state index contributed by atoms with van der Waals surface area (Å²) in [4.78, 5) is 25.4. The van der Waals surface area contributed by atoms with Gasteiger partial charge in [0.25, 0.3) is 5.91 Å². The predicted molar refractivity (Wildman–Crippen MR) is 121 cm³/mol. The van der Waals surface area contributed by atoms with Crippen LogP contribution in [0.5, 0.6) is 0 Å². The maximum atomic E-state index is 12.7. The smallest absolute Gasteiger partial charge is 0.251 e. The number of hydrogen-bond acceptors (Lipinski definition) is 4. The van der Waals surface area contributed by atoms with Crippen molar-refractivity contribution < 1.29 is 18.0 Å². The first-order valence-electron chi connectivity index (χ1n) is 10.4. The van der Waals surface area contributed by atoms with Crippen molar-refractivity contribution in [3.8, 4) is 0 Å². The maximum Gasteiger partial charge on any atom is 0.251 e. The molecule has 0 radical (unpaired) electrons. The molecular formula is C23H31N3O4S. The highest BCUT2D eigenvalue weighted by molar-refractivity contribution is 7.89. The summed E-state index contributed by atoms with van der Waals surface area (Å²) >= 11 is 0. The molecule has 8 heteroatoms. The molecule has 2 unspecified atom stereocenters. The van der Waals surface area contributed by atoms with Crippen LogP contribution >= 0.6 is 0 Å². The van der Waals surface area contributed by atoms with Gasteiger partial charge in [-0.15, -0.1) is 0 Å². The lowest BCUT2D eigenvalue weighted by Gasteiger charge is -2.23. The summed E-state index contributed by atoms with van der Waals surface area (Å²) in [5.41, 5.74) is 1.98. The molecule has 0 saturated carbocycles. The van der Waals surface area contributed by atoms with Gasteiger partial charge in [0.1, 0.15) is 6.04 Å². The average Bonchev–Trinajstić information content (AvgIpc) is 2.76. The molecule has 0 heterocycles. The Morgan fingerprint density at radius 1 is 1.00 bits per heavy atom. The minimum atomic E-state index is -3.68. The van der Waals surface area contributed by atoms with Crippen LogP contribution in [0.25, 0.3) is 0 Å². The van der Waals surface area contributed by atoms with Crippen LogP contribution in [-0.2, 0) is 14.8 Å². The highest BCUT2D eigenvalue weighted by Gasteiger charge is 2.26. The second-order valence-electron chi connectivity index (χ2n) is 7.66. The lowest BCUT2D eigenvalue weighted by molar-refractivity contribution is -0.124. The normalized spacial score (nSPS) is 13.3. The van der Waals surface area contributed by atoms with Crippen molar-refractivity contribution in [2.45, 2.75) is 45.1 Å². The Hall–Kier alpha value is -2.71. The average molecular weight is 446 g/mol. The van der Waals surface area contributed by atoms with E-state index in [0.717, 1.165) is 5.56 Å². The number of carbonyl (C=O) groups is 2. The number of hydrogen-bond donors (Lipinski definition) is 3. The fourth-order valence-electron chi connectivity index (χ4n) is 3.07. The maximum absolute atomic E-state index is 12.7. The van der Waals surface area contributed by atoms with Gasteiger partial charge in [-0.05, 0) is 49.1 Å². The van der Waals surface area contributed by atoms with E-state index in [2.05, 4.69) is 15.4 Å². The van der Waals surface area contributed by atoms with Gasteiger partial charge in [0.05, 0.1) is 4.90 Å². The van der Waals surface area contributed by atoms with Crippen molar-refractivity contribution in [3.05, 3.63) is 65.2 Å². The zero-order chi connectivity index (χ0) is 23.0. The molecule has 0 spiro atoms. The number of nitrogens with one attached hydrogen (secondary N) is 3. The monoisotopic (exact) mass is 445 g/mol. The Kier molecular flexibility index (Phi) is 8.76. The molecule has 2 aromatic rings. The van der Waals surface area contributed by atoms with Gasteiger partial charge >= 0.3 is 0 Å². The molecule has 0 aromatic heterocycles. The SMILES string of the molecule is CCC(C)C(NC(=O)c1ccccc1)C(=O)NCCNS(=O)(=O)c1cc(C)ccc1C. The van der Waals surface area contributed by atoms with Crippen LogP contribution in [0.1, 0.15) is 41.8 Å². The lowest BCUT2D eigenvalue weighted by Crippen LogP contribution is -2.51. The van der Waals surface area contributed by atoms with Crippen molar-refractivity contribution in [2.24, 2.45) is 5.92 Å². The van der Waals surface area contributed by atoms with Crippen LogP contribution in [0, 0.1) is 19.8 Å². The molecule has 3 N–H and O–H groups in total. The third-order valence-corrected chi connectivity index (χ3v) is 6.77. The van der Waals surface area contributed by atoms with Gasteiger partial charge in [-0.2, -0.15) is 0 Å². The molecule has 0 aliphatic carbocycles. The summed E-state index contributed by atoms with van der Waals surface area (Å²) < 4.78 is 27.6. The third-order valence-electron chi connectivity index (χ3n) is 5.17. The van der Waals surface area contributed by atoms with E-state index in [1.54, 1.807) is 43.3 Å². The largest absolute Gasteiger partial charge is 0.353 e. The van der Waals surface area contributed by atoms with Gasteiger partial charge in [-0.3, -0.25) is 9.59 Å². The number of aryl methyl sites for hydroxylation is 2. The Morgan fingerprint density at radius 3 is 2.32 bits per heavy atom. The highest BCUT2D eigenvalue weighted by atomic mass is 32.2. The zero-order valence-corrected chi connectivity index (χ0v) is 19.3. The minimum absolute atomic E-state index is 0.0430. The Bertz CT molecular complexity index is 1010. The second kappa shape index (κ2) is 11.1. The van der Waals surface area contributed by atoms with Crippen LogP contribution < -0.4 is 15.4 Å². The fraction of sp³-hybridized carbons (Fsp3) is 0.391.